The molecule has 0 saturated heterocycles. The van der Waals surface area contributed by atoms with Gasteiger partial charge in [0.15, 0.2) is 0 Å². The average molecular weight is 246 g/mol. The normalized spacial score (nSPS) is 10.9. The molecule has 0 unspecified atom stereocenters. The van der Waals surface area contributed by atoms with Crippen molar-refractivity contribution in [3.05, 3.63) is 30.0 Å². The maximum atomic E-state index is 5.72. The number of methoxy groups -OCH3 is 1. The Labute approximate surface area is 107 Å². The first-order chi connectivity index (χ1) is 8.67. The van der Waals surface area contributed by atoms with Gasteiger partial charge in [-0.1, -0.05) is 17.3 Å². The van der Waals surface area contributed by atoms with E-state index in [4.69, 9.17) is 10.5 Å². The molecule has 2 N–H and O–H groups in total. The van der Waals surface area contributed by atoms with Crippen molar-refractivity contribution in [1.29, 1.82) is 0 Å². The zero-order valence-electron chi connectivity index (χ0n) is 10.9. The van der Waals surface area contributed by atoms with Crippen molar-refractivity contribution >= 4 is 0 Å². The molecule has 0 aliphatic heterocycles. The standard InChI is InChI=1S/C13H18N4O/c1-9(2)17-13(12(8-14)15-16-17)10-5-4-6-11(7-10)18-3/h4-7,9H,8,14H2,1-3H3. The summed E-state index contributed by atoms with van der Waals surface area (Å²) < 4.78 is 7.13. The third-order valence-corrected chi connectivity index (χ3v) is 2.79. The van der Waals surface area contributed by atoms with Crippen molar-refractivity contribution in [2.45, 2.75) is 26.4 Å². The maximum Gasteiger partial charge on any atom is 0.119 e. The van der Waals surface area contributed by atoms with E-state index < -0.39 is 0 Å². The summed E-state index contributed by atoms with van der Waals surface area (Å²) in [4.78, 5) is 0. The minimum absolute atomic E-state index is 0.235. The fourth-order valence-corrected chi connectivity index (χ4v) is 1.89. The topological polar surface area (TPSA) is 66.0 Å². The van der Waals surface area contributed by atoms with Crippen LogP contribution in [0.5, 0.6) is 5.75 Å². The molecular formula is C13H18N4O. The highest BCUT2D eigenvalue weighted by molar-refractivity contribution is 5.63. The molecule has 0 aliphatic rings. The van der Waals surface area contributed by atoms with Crippen molar-refractivity contribution in [2.24, 2.45) is 5.73 Å². The lowest BCUT2D eigenvalue weighted by Gasteiger charge is -2.11. The van der Waals surface area contributed by atoms with E-state index in [1.807, 2.05) is 28.9 Å². The molecule has 2 rings (SSSR count). The van der Waals surface area contributed by atoms with Crippen LogP contribution in [0, 0.1) is 0 Å². The molecule has 1 heterocycles. The predicted molar refractivity (Wildman–Crippen MR) is 70.3 cm³/mol. The van der Waals surface area contributed by atoms with Gasteiger partial charge in [-0.3, -0.25) is 0 Å². The molecule has 2 aromatic rings. The summed E-state index contributed by atoms with van der Waals surface area (Å²) in [5.41, 5.74) is 8.51. The highest BCUT2D eigenvalue weighted by Gasteiger charge is 2.16. The third-order valence-electron chi connectivity index (χ3n) is 2.79. The molecule has 0 aliphatic carbocycles. The molecule has 0 radical (unpaired) electrons. The molecule has 18 heavy (non-hydrogen) atoms. The average Bonchev–Trinajstić information content (AvgIpc) is 2.82. The Hall–Kier alpha value is -1.88. The summed E-state index contributed by atoms with van der Waals surface area (Å²) in [6.45, 7) is 4.51. The van der Waals surface area contributed by atoms with Crippen molar-refractivity contribution in [3.63, 3.8) is 0 Å². The van der Waals surface area contributed by atoms with Gasteiger partial charge in [-0.05, 0) is 26.0 Å². The Balaban J connectivity index is 2.57. The first-order valence-electron chi connectivity index (χ1n) is 5.96. The van der Waals surface area contributed by atoms with Crippen LogP contribution in [0.2, 0.25) is 0 Å². The van der Waals surface area contributed by atoms with Crippen LogP contribution in [-0.2, 0) is 6.54 Å². The van der Waals surface area contributed by atoms with Crippen molar-refractivity contribution < 1.29 is 4.74 Å². The highest BCUT2D eigenvalue weighted by Crippen LogP contribution is 2.27. The van der Waals surface area contributed by atoms with E-state index in [1.165, 1.54) is 0 Å². The Morgan fingerprint density at radius 3 is 2.78 bits per heavy atom. The lowest BCUT2D eigenvalue weighted by molar-refractivity contribution is 0.415. The molecular weight excluding hydrogens is 228 g/mol. The quantitative estimate of drug-likeness (QED) is 0.896. The highest BCUT2D eigenvalue weighted by atomic mass is 16.5. The van der Waals surface area contributed by atoms with E-state index in [9.17, 15) is 0 Å². The third kappa shape index (κ3) is 2.22. The van der Waals surface area contributed by atoms with E-state index in [0.717, 1.165) is 22.7 Å². The van der Waals surface area contributed by atoms with Gasteiger partial charge < -0.3 is 10.5 Å². The van der Waals surface area contributed by atoms with Gasteiger partial charge in [0.2, 0.25) is 0 Å². The lowest BCUT2D eigenvalue weighted by atomic mass is 10.1. The Kier molecular flexibility index (Phi) is 3.62. The van der Waals surface area contributed by atoms with Gasteiger partial charge >= 0.3 is 0 Å². The smallest absolute Gasteiger partial charge is 0.119 e. The van der Waals surface area contributed by atoms with Gasteiger partial charge in [-0.2, -0.15) is 0 Å². The summed E-state index contributed by atoms with van der Waals surface area (Å²) in [5, 5.41) is 8.30. The Bertz CT molecular complexity index is 534. The van der Waals surface area contributed by atoms with Crippen LogP contribution in [0.3, 0.4) is 0 Å². The van der Waals surface area contributed by atoms with Gasteiger partial charge in [0.25, 0.3) is 0 Å². The number of nitrogens with zero attached hydrogens (tertiary/aromatic N) is 3. The second-order valence-electron chi connectivity index (χ2n) is 4.36. The van der Waals surface area contributed by atoms with Crippen molar-refractivity contribution in [1.82, 2.24) is 15.0 Å². The molecule has 0 amide bonds. The number of benzene rings is 1. The summed E-state index contributed by atoms with van der Waals surface area (Å²) in [6.07, 6.45) is 0. The first kappa shape index (κ1) is 12.6. The second-order valence-corrected chi connectivity index (χ2v) is 4.36. The van der Waals surface area contributed by atoms with Crippen molar-refractivity contribution in [2.75, 3.05) is 7.11 Å². The van der Waals surface area contributed by atoms with Crippen molar-refractivity contribution in [3.8, 4) is 17.0 Å². The molecule has 0 bridgehead atoms. The van der Waals surface area contributed by atoms with Crippen LogP contribution in [0.1, 0.15) is 25.6 Å². The van der Waals surface area contributed by atoms with Gasteiger partial charge in [0, 0.05) is 18.2 Å². The summed E-state index contributed by atoms with van der Waals surface area (Å²) in [6, 6.07) is 8.08. The van der Waals surface area contributed by atoms with Gasteiger partial charge in [-0.15, -0.1) is 5.10 Å². The minimum Gasteiger partial charge on any atom is -0.497 e. The number of hydrogen-bond acceptors (Lipinski definition) is 4. The van der Waals surface area contributed by atoms with Crippen LogP contribution >= 0.6 is 0 Å². The van der Waals surface area contributed by atoms with Crippen LogP contribution in [0.25, 0.3) is 11.3 Å². The predicted octanol–water partition coefficient (Wildman–Crippen LogP) is 1.99. The molecule has 0 saturated carbocycles. The fraction of sp³-hybridized carbons (Fsp3) is 0.385. The molecule has 1 aromatic heterocycles. The minimum atomic E-state index is 0.235. The molecule has 0 spiro atoms. The molecule has 0 fully saturated rings. The number of rotatable bonds is 4. The van der Waals surface area contributed by atoms with Gasteiger partial charge in [0.05, 0.1) is 12.8 Å². The molecule has 96 valence electrons. The fourth-order valence-electron chi connectivity index (χ4n) is 1.89. The zero-order chi connectivity index (χ0) is 13.1. The molecule has 5 nitrogen and oxygen atoms in total. The number of aromatic nitrogens is 3. The number of ether oxygens (including phenoxy) is 1. The number of hydrogen-bond donors (Lipinski definition) is 1. The summed E-state index contributed by atoms with van der Waals surface area (Å²) >= 11 is 0. The second kappa shape index (κ2) is 5.18. The largest absolute Gasteiger partial charge is 0.497 e. The van der Waals surface area contributed by atoms with E-state index in [1.54, 1.807) is 7.11 Å². The van der Waals surface area contributed by atoms with Crippen LogP contribution in [0.15, 0.2) is 24.3 Å². The SMILES string of the molecule is COc1cccc(-c2c(CN)nnn2C(C)C)c1. The Morgan fingerprint density at radius 1 is 1.39 bits per heavy atom. The lowest BCUT2D eigenvalue weighted by Crippen LogP contribution is -2.06. The van der Waals surface area contributed by atoms with Crippen LogP contribution in [-0.4, -0.2) is 22.1 Å². The van der Waals surface area contributed by atoms with E-state index in [0.29, 0.717) is 6.54 Å². The molecule has 5 heteroatoms. The first-order valence-corrected chi connectivity index (χ1v) is 5.96. The van der Waals surface area contributed by atoms with Gasteiger partial charge in [-0.25, -0.2) is 4.68 Å². The van der Waals surface area contributed by atoms with Crippen LogP contribution in [0.4, 0.5) is 0 Å². The van der Waals surface area contributed by atoms with Gasteiger partial charge in [0.1, 0.15) is 11.4 Å². The monoisotopic (exact) mass is 246 g/mol. The maximum absolute atomic E-state index is 5.72. The summed E-state index contributed by atoms with van der Waals surface area (Å²) in [5.74, 6) is 0.812. The van der Waals surface area contributed by atoms with Crippen LogP contribution < -0.4 is 10.5 Å². The Morgan fingerprint density at radius 2 is 2.17 bits per heavy atom. The van der Waals surface area contributed by atoms with E-state index in [2.05, 4.69) is 24.2 Å². The summed E-state index contributed by atoms with van der Waals surface area (Å²) in [7, 11) is 1.65. The van der Waals surface area contributed by atoms with E-state index in [-0.39, 0.29) is 6.04 Å². The van der Waals surface area contributed by atoms with E-state index >= 15 is 0 Å². The molecule has 1 aromatic carbocycles. The number of nitrogens with two attached hydrogens (primary N) is 1. The molecule has 0 atom stereocenters. The zero-order valence-corrected chi connectivity index (χ0v) is 10.9.